The maximum absolute atomic E-state index is 11.7. The van der Waals surface area contributed by atoms with Crippen LogP contribution in [-0.2, 0) is 10.0 Å². The van der Waals surface area contributed by atoms with Gasteiger partial charge in [-0.25, -0.2) is 12.7 Å². The third-order valence-corrected chi connectivity index (χ3v) is 5.78. The second-order valence-electron chi connectivity index (χ2n) is 5.45. The molecule has 0 bridgehead atoms. The Morgan fingerprint density at radius 3 is 3.00 bits per heavy atom. The Morgan fingerprint density at radius 1 is 1.62 bits per heavy atom. The molecule has 1 aromatic rings. The van der Waals surface area contributed by atoms with Crippen LogP contribution in [0.2, 0.25) is 0 Å². The van der Waals surface area contributed by atoms with Gasteiger partial charge in [-0.3, -0.25) is 16.3 Å². The highest BCUT2D eigenvalue weighted by molar-refractivity contribution is 9.10. The van der Waals surface area contributed by atoms with Crippen LogP contribution in [0.3, 0.4) is 0 Å². The van der Waals surface area contributed by atoms with Gasteiger partial charge in [0, 0.05) is 23.8 Å². The lowest BCUT2D eigenvalue weighted by atomic mass is 9.91. The monoisotopic (exact) mass is 376 g/mol. The zero-order chi connectivity index (χ0) is 15.5. The number of sulfonamides is 1. The first kappa shape index (κ1) is 16.8. The number of aromatic nitrogens is 1. The summed E-state index contributed by atoms with van der Waals surface area (Å²) in [6.07, 6.45) is 5.66. The molecule has 0 aromatic carbocycles. The number of rotatable bonds is 5. The highest BCUT2D eigenvalue weighted by Crippen LogP contribution is 2.30. The highest BCUT2D eigenvalue weighted by Gasteiger charge is 2.28. The van der Waals surface area contributed by atoms with Gasteiger partial charge in [-0.2, -0.15) is 0 Å². The van der Waals surface area contributed by atoms with E-state index in [4.69, 9.17) is 5.84 Å². The molecule has 0 aliphatic carbocycles. The number of nitrogens with one attached hydrogen (secondary N) is 1. The normalized spacial score (nSPS) is 22.1. The van der Waals surface area contributed by atoms with Gasteiger partial charge in [0.15, 0.2) is 0 Å². The fraction of sp³-hybridized carbons (Fsp3) is 0.615. The number of nitrogens with zero attached hydrogens (tertiary/aromatic N) is 2. The van der Waals surface area contributed by atoms with E-state index in [-0.39, 0.29) is 12.0 Å². The van der Waals surface area contributed by atoms with E-state index in [0.29, 0.717) is 13.1 Å². The molecule has 8 heteroatoms. The van der Waals surface area contributed by atoms with Crippen molar-refractivity contribution in [2.75, 3.05) is 19.3 Å². The van der Waals surface area contributed by atoms with Crippen molar-refractivity contribution in [3.8, 4) is 0 Å². The van der Waals surface area contributed by atoms with Crippen molar-refractivity contribution in [1.82, 2.24) is 14.7 Å². The third kappa shape index (κ3) is 4.46. The summed E-state index contributed by atoms with van der Waals surface area (Å²) in [6.45, 7) is 1.17. The minimum atomic E-state index is -3.12. The van der Waals surface area contributed by atoms with E-state index in [1.54, 1.807) is 10.5 Å². The van der Waals surface area contributed by atoms with Crippen LogP contribution in [0.15, 0.2) is 22.8 Å². The topological polar surface area (TPSA) is 88.3 Å². The first-order chi connectivity index (χ1) is 9.91. The standard InChI is InChI=1S/C13H21BrN4O2S/c1-21(19,20)18-7-3-4-10(9-18)8-12(17-15)13-11(14)5-2-6-16-13/h2,5-6,10,12,17H,3-4,7-9,15H2,1H3. The van der Waals surface area contributed by atoms with Crippen LogP contribution in [0.25, 0.3) is 0 Å². The summed E-state index contributed by atoms with van der Waals surface area (Å²) < 4.78 is 25.8. The Balaban J connectivity index is 2.07. The quantitative estimate of drug-likeness (QED) is 0.598. The molecule has 6 nitrogen and oxygen atoms in total. The Labute approximate surface area is 134 Å². The van der Waals surface area contributed by atoms with E-state index in [1.807, 2.05) is 12.1 Å². The Hall–Kier alpha value is -0.540. The summed E-state index contributed by atoms with van der Waals surface area (Å²) in [7, 11) is -3.12. The number of hydrogen-bond donors (Lipinski definition) is 2. The molecule has 2 unspecified atom stereocenters. The first-order valence-electron chi connectivity index (χ1n) is 6.93. The molecule has 1 aliphatic heterocycles. The lowest BCUT2D eigenvalue weighted by Crippen LogP contribution is -2.41. The number of pyridine rings is 1. The number of hydrogen-bond acceptors (Lipinski definition) is 5. The molecule has 1 aromatic heterocycles. The van der Waals surface area contributed by atoms with Crippen LogP contribution in [0.5, 0.6) is 0 Å². The minimum absolute atomic E-state index is 0.0925. The lowest BCUT2D eigenvalue weighted by molar-refractivity contribution is 0.237. The summed E-state index contributed by atoms with van der Waals surface area (Å²) in [6, 6.07) is 3.69. The van der Waals surface area contributed by atoms with Gasteiger partial charge in [-0.05, 0) is 53.2 Å². The molecule has 118 valence electrons. The molecule has 0 spiro atoms. The SMILES string of the molecule is CS(=O)(=O)N1CCCC(CC(NN)c2ncccc2Br)C1. The first-order valence-corrected chi connectivity index (χ1v) is 9.57. The second-order valence-corrected chi connectivity index (χ2v) is 8.29. The number of nitrogens with two attached hydrogens (primary N) is 1. The molecule has 1 saturated heterocycles. The van der Waals surface area contributed by atoms with Crippen LogP contribution >= 0.6 is 15.9 Å². The largest absolute Gasteiger partial charge is 0.271 e. The van der Waals surface area contributed by atoms with Crippen molar-refractivity contribution < 1.29 is 8.42 Å². The summed E-state index contributed by atoms with van der Waals surface area (Å²) >= 11 is 3.48. The number of piperidine rings is 1. The molecule has 21 heavy (non-hydrogen) atoms. The lowest BCUT2D eigenvalue weighted by Gasteiger charge is -2.32. The molecule has 1 aliphatic rings. The Kier molecular flexibility index (Phi) is 5.73. The molecule has 1 fully saturated rings. The predicted molar refractivity (Wildman–Crippen MR) is 85.8 cm³/mol. The maximum atomic E-state index is 11.7. The molecule has 2 heterocycles. The van der Waals surface area contributed by atoms with Gasteiger partial charge in [-0.1, -0.05) is 0 Å². The van der Waals surface area contributed by atoms with Crippen molar-refractivity contribution in [2.24, 2.45) is 11.8 Å². The minimum Gasteiger partial charge on any atom is -0.271 e. The van der Waals surface area contributed by atoms with E-state index < -0.39 is 10.0 Å². The van der Waals surface area contributed by atoms with Crippen LogP contribution < -0.4 is 11.3 Å². The Morgan fingerprint density at radius 2 is 2.38 bits per heavy atom. The van der Waals surface area contributed by atoms with Crippen molar-refractivity contribution in [1.29, 1.82) is 0 Å². The van der Waals surface area contributed by atoms with E-state index in [9.17, 15) is 8.42 Å². The predicted octanol–water partition coefficient (Wildman–Crippen LogP) is 1.41. The van der Waals surface area contributed by atoms with E-state index >= 15 is 0 Å². The van der Waals surface area contributed by atoms with Crippen molar-refractivity contribution >= 4 is 26.0 Å². The molecule has 0 radical (unpaired) electrons. The van der Waals surface area contributed by atoms with Crippen LogP contribution in [0, 0.1) is 5.92 Å². The second kappa shape index (κ2) is 7.15. The van der Waals surface area contributed by atoms with Gasteiger partial charge in [0.25, 0.3) is 0 Å². The maximum Gasteiger partial charge on any atom is 0.211 e. The average molecular weight is 377 g/mol. The van der Waals surface area contributed by atoms with Crippen LogP contribution in [0.1, 0.15) is 31.0 Å². The van der Waals surface area contributed by atoms with Crippen molar-refractivity contribution in [2.45, 2.75) is 25.3 Å². The zero-order valence-corrected chi connectivity index (χ0v) is 14.4. The summed E-state index contributed by atoms with van der Waals surface area (Å²) in [5.41, 5.74) is 3.66. The molecule has 0 saturated carbocycles. The zero-order valence-electron chi connectivity index (χ0n) is 12.0. The van der Waals surface area contributed by atoms with E-state index in [1.165, 1.54) is 6.26 Å². The van der Waals surface area contributed by atoms with Gasteiger partial charge in [0.2, 0.25) is 10.0 Å². The summed E-state index contributed by atoms with van der Waals surface area (Å²) in [4.78, 5) is 4.36. The molecule has 2 atom stereocenters. The molecule has 0 amide bonds. The van der Waals surface area contributed by atoms with Gasteiger partial charge in [0.05, 0.1) is 18.0 Å². The highest BCUT2D eigenvalue weighted by atomic mass is 79.9. The average Bonchev–Trinajstić information content (AvgIpc) is 2.45. The van der Waals surface area contributed by atoms with Crippen LogP contribution in [0.4, 0.5) is 0 Å². The molecule has 2 rings (SSSR count). The summed E-state index contributed by atoms with van der Waals surface area (Å²) in [5, 5.41) is 0. The van der Waals surface area contributed by atoms with Gasteiger partial charge < -0.3 is 0 Å². The summed E-state index contributed by atoms with van der Waals surface area (Å²) in [5.74, 6) is 5.95. The van der Waals surface area contributed by atoms with E-state index in [2.05, 4.69) is 26.3 Å². The smallest absolute Gasteiger partial charge is 0.211 e. The fourth-order valence-electron chi connectivity index (χ4n) is 2.77. The molecule has 3 N–H and O–H groups in total. The molecular formula is C13H21BrN4O2S. The van der Waals surface area contributed by atoms with Crippen LogP contribution in [-0.4, -0.2) is 37.1 Å². The number of halogens is 1. The van der Waals surface area contributed by atoms with Gasteiger partial charge >= 0.3 is 0 Å². The van der Waals surface area contributed by atoms with E-state index in [0.717, 1.165) is 29.4 Å². The van der Waals surface area contributed by atoms with Gasteiger partial charge in [-0.15, -0.1) is 0 Å². The Bertz CT molecular complexity index is 581. The third-order valence-electron chi connectivity index (χ3n) is 3.84. The fourth-order valence-corrected chi connectivity index (χ4v) is 4.24. The van der Waals surface area contributed by atoms with Crippen molar-refractivity contribution in [3.63, 3.8) is 0 Å². The van der Waals surface area contributed by atoms with Gasteiger partial charge in [0.1, 0.15) is 0 Å². The van der Waals surface area contributed by atoms with Crippen molar-refractivity contribution in [3.05, 3.63) is 28.5 Å². The molecular weight excluding hydrogens is 356 g/mol. The number of hydrazine groups is 1.